The van der Waals surface area contributed by atoms with Crippen molar-refractivity contribution in [2.75, 3.05) is 0 Å². The van der Waals surface area contributed by atoms with Gasteiger partial charge in [-0.2, -0.15) is 18.4 Å². The summed E-state index contributed by atoms with van der Waals surface area (Å²) in [5.74, 6) is 0.250. The monoisotopic (exact) mass is 430 g/mol. The van der Waals surface area contributed by atoms with Gasteiger partial charge in [0.05, 0.1) is 10.5 Å². The summed E-state index contributed by atoms with van der Waals surface area (Å²) in [6.07, 6.45) is -2.60. The molecule has 0 amide bonds. The average Bonchev–Trinajstić information content (AvgIpc) is 2.73. The van der Waals surface area contributed by atoms with Crippen LogP contribution in [-0.2, 0) is 16.0 Å². The van der Waals surface area contributed by atoms with Gasteiger partial charge in [0.25, 0.3) is 0 Å². The Balaban J connectivity index is 1.79. The molecule has 0 saturated heterocycles. The zero-order valence-electron chi connectivity index (χ0n) is 15.2. The van der Waals surface area contributed by atoms with Crippen LogP contribution in [0.3, 0.4) is 0 Å². The lowest BCUT2D eigenvalue weighted by Crippen LogP contribution is -2.05. The molecular weight excluding hydrogens is 417 g/mol. The van der Waals surface area contributed by atoms with Crippen LogP contribution in [0.15, 0.2) is 82.7 Å². The zero-order valence-corrected chi connectivity index (χ0v) is 16.0. The number of hydrogen-bond acceptors (Lipinski definition) is 5. The van der Waals surface area contributed by atoms with Gasteiger partial charge in [-0.15, -0.1) is 0 Å². The highest BCUT2D eigenvalue weighted by molar-refractivity contribution is 7.95. The van der Waals surface area contributed by atoms with Gasteiger partial charge in [-0.05, 0) is 42.0 Å². The molecule has 0 unspecified atom stereocenters. The van der Waals surface area contributed by atoms with E-state index in [-0.39, 0.29) is 16.5 Å². The Kier molecular flexibility index (Phi) is 5.89. The van der Waals surface area contributed by atoms with Crippen molar-refractivity contribution in [3.8, 4) is 17.7 Å². The van der Waals surface area contributed by atoms with Gasteiger partial charge in [0.15, 0.2) is 0 Å². The van der Waals surface area contributed by atoms with E-state index in [0.29, 0.717) is 11.8 Å². The standard InChI is InChI=1S/C21H13F3N2O3S/c22-21(23,24)16-8-11-20(26-14-16)29-17-9-6-15(7-10-17)12-19(13-25)30(27,28)18-4-2-1-3-5-18/h1-12,14H/b19-12+. The number of rotatable bonds is 5. The van der Waals surface area contributed by atoms with Crippen molar-refractivity contribution in [1.29, 1.82) is 5.26 Å². The summed E-state index contributed by atoms with van der Waals surface area (Å²) in [5, 5.41) is 9.30. The second-order valence-electron chi connectivity index (χ2n) is 5.99. The third kappa shape index (κ3) is 4.85. The smallest absolute Gasteiger partial charge is 0.417 e. The predicted molar refractivity (Wildman–Crippen MR) is 103 cm³/mol. The van der Waals surface area contributed by atoms with Crippen molar-refractivity contribution < 1.29 is 26.3 Å². The number of alkyl halides is 3. The number of ether oxygens (including phenoxy) is 1. The lowest BCUT2D eigenvalue weighted by atomic mass is 10.2. The third-order valence-corrected chi connectivity index (χ3v) is 5.60. The first kappa shape index (κ1) is 21.1. The number of sulfone groups is 1. The van der Waals surface area contributed by atoms with Crippen LogP contribution in [0.1, 0.15) is 11.1 Å². The van der Waals surface area contributed by atoms with Crippen LogP contribution in [0.5, 0.6) is 11.6 Å². The van der Waals surface area contributed by atoms with E-state index in [9.17, 15) is 26.9 Å². The summed E-state index contributed by atoms with van der Waals surface area (Å²) in [7, 11) is -3.96. The highest BCUT2D eigenvalue weighted by Crippen LogP contribution is 2.30. The highest BCUT2D eigenvalue weighted by Gasteiger charge is 2.30. The van der Waals surface area contributed by atoms with E-state index >= 15 is 0 Å². The van der Waals surface area contributed by atoms with Crippen molar-refractivity contribution in [3.05, 3.63) is 89.0 Å². The van der Waals surface area contributed by atoms with Gasteiger partial charge in [0.1, 0.15) is 16.7 Å². The Bertz CT molecular complexity index is 1200. The summed E-state index contributed by atoms with van der Waals surface area (Å²) >= 11 is 0. The van der Waals surface area contributed by atoms with Crippen LogP contribution >= 0.6 is 0 Å². The zero-order chi connectivity index (χ0) is 21.8. The van der Waals surface area contributed by atoms with E-state index in [0.717, 1.165) is 12.1 Å². The molecule has 30 heavy (non-hydrogen) atoms. The highest BCUT2D eigenvalue weighted by atomic mass is 32.2. The maximum Gasteiger partial charge on any atom is 0.417 e. The molecule has 3 rings (SSSR count). The van der Waals surface area contributed by atoms with Crippen molar-refractivity contribution >= 4 is 15.9 Å². The summed E-state index contributed by atoms with van der Waals surface area (Å²) in [6, 6.07) is 17.2. The minimum atomic E-state index is -4.49. The topological polar surface area (TPSA) is 80.0 Å². The average molecular weight is 430 g/mol. The number of hydrogen-bond donors (Lipinski definition) is 0. The fraction of sp³-hybridized carbons (Fsp3) is 0.0476. The summed E-state index contributed by atoms with van der Waals surface area (Å²) in [4.78, 5) is 3.20. The SMILES string of the molecule is N#C/C(=C\c1ccc(Oc2ccc(C(F)(F)F)cn2)cc1)S(=O)(=O)c1ccccc1. The molecule has 1 aromatic heterocycles. The molecule has 0 aliphatic rings. The van der Waals surface area contributed by atoms with Crippen LogP contribution in [-0.4, -0.2) is 13.4 Å². The van der Waals surface area contributed by atoms with E-state index < -0.39 is 26.5 Å². The maximum absolute atomic E-state index is 12.6. The Hall–Kier alpha value is -3.64. The molecule has 0 saturated carbocycles. The Morgan fingerprint density at radius 3 is 2.20 bits per heavy atom. The third-order valence-electron chi connectivity index (χ3n) is 3.92. The molecule has 0 bridgehead atoms. The molecule has 2 aromatic carbocycles. The number of benzene rings is 2. The van der Waals surface area contributed by atoms with Crippen LogP contribution in [0.4, 0.5) is 13.2 Å². The van der Waals surface area contributed by atoms with Gasteiger partial charge in [-0.25, -0.2) is 13.4 Å². The van der Waals surface area contributed by atoms with Gasteiger partial charge < -0.3 is 4.74 Å². The maximum atomic E-state index is 12.6. The van der Waals surface area contributed by atoms with E-state index in [1.165, 1.54) is 42.5 Å². The van der Waals surface area contributed by atoms with Crippen molar-refractivity contribution in [1.82, 2.24) is 4.98 Å². The fourth-order valence-electron chi connectivity index (χ4n) is 2.41. The van der Waals surface area contributed by atoms with E-state index in [2.05, 4.69) is 4.98 Å². The summed E-state index contributed by atoms with van der Waals surface area (Å²) in [5.41, 5.74) is -0.460. The van der Waals surface area contributed by atoms with Gasteiger partial charge in [0, 0.05) is 12.3 Å². The second-order valence-corrected chi connectivity index (χ2v) is 7.91. The Morgan fingerprint density at radius 2 is 1.67 bits per heavy atom. The van der Waals surface area contributed by atoms with Crippen LogP contribution < -0.4 is 4.74 Å². The first-order chi connectivity index (χ1) is 14.2. The first-order valence-electron chi connectivity index (χ1n) is 8.43. The minimum Gasteiger partial charge on any atom is -0.439 e. The molecule has 0 aliphatic carbocycles. The predicted octanol–water partition coefficient (Wildman–Crippen LogP) is 5.23. The number of nitrogens with zero attached hydrogens (tertiary/aromatic N) is 2. The van der Waals surface area contributed by atoms with E-state index in [1.54, 1.807) is 24.3 Å². The van der Waals surface area contributed by atoms with Crippen LogP contribution in [0.2, 0.25) is 0 Å². The summed E-state index contributed by atoms with van der Waals surface area (Å²) in [6.45, 7) is 0. The Labute approximate surface area is 170 Å². The fourth-order valence-corrected chi connectivity index (χ4v) is 3.59. The largest absolute Gasteiger partial charge is 0.439 e. The number of pyridine rings is 1. The van der Waals surface area contributed by atoms with Crippen LogP contribution in [0, 0.1) is 11.3 Å². The lowest BCUT2D eigenvalue weighted by molar-refractivity contribution is -0.137. The molecule has 9 heteroatoms. The summed E-state index contributed by atoms with van der Waals surface area (Å²) < 4.78 is 68.2. The van der Waals surface area contributed by atoms with Crippen molar-refractivity contribution in [2.45, 2.75) is 11.1 Å². The molecule has 0 fully saturated rings. The number of nitriles is 1. The van der Waals surface area contributed by atoms with Gasteiger partial charge >= 0.3 is 6.18 Å². The molecule has 0 spiro atoms. The van der Waals surface area contributed by atoms with E-state index in [1.807, 2.05) is 0 Å². The molecule has 0 N–H and O–H groups in total. The molecule has 1 heterocycles. The van der Waals surface area contributed by atoms with Gasteiger partial charge in [-0.1, -0.05) is 30.3 Å². The number of halogens is 3. The minimum absolute atomic E-state index is 0.00568. The Morgan fingerprint density at radius 1 is 1.00 bits per heavy atom. The number of allylic oxidation sites excluding steroid dienone is 1. The van der Waals surface area contributed by atoms with Gasteiger partial charge in [-0.3, -0.25) is 0 Å². The molecule has 0 aliphatic heterocycles. The molecule has 0 atom stereocenters. The van der Waals surface area contributed by atoms with Crippen molar-refractivity contribution in [3.63, 3.8) is 0 Å². The first-order valence-corrected chi connectivity index (χ1v) is 9.91. The normalized spacial score (nSPS) is 12.3. The molecule has 5 nitrogen and oxygen atoms in total. The van der Waals surface area contributed by atoms with Gasteiger partial charge in [0.2, 0.25) is 15.7 Å². The van der Waals surface area contributed by atoms with Crippen LogP contribution in [0.25, 0.3) is 6.08 Å². The molecule has 3 aromatic rings. The quantitative estimate of drug-likeness (QED) is 0.518. The van der Waals surface area contributed by atoms with Crippen molar-refractivity contribution in [2.24, 2.45) is 0 Å². The van der Waals surface area contributed by atoms with E-state index in [4.69, 9.17) is 4.74 Å². The molecule has 152 valence electrons. The number of aromatic nitrogens is 1. The molecular formula is C21H13F3N2O3S. The second kappa shape index (κ2) is 8.39. The molecule has 0 radical (unpaired) electrons. The lowest BCUT2D eigenvalue weighted by Gasteiger charge is -2.08.